The molecule has 0 unspecified atom stereocenters. The predicted molar refractivity (Wildman–Crippen MR) is 122 cm³/mol. The number of carbonyl (C=O) groups excluding carboxylic acids is 3. The van der Waals surface area contributed by atoms with E-state index in [1.54, 1.807) is 39.8 Å². The topological polar surface area (TPSA) is 88.4 Å². The zero-order chi connectivity index (χ0) is 22.7. The van der Waals surface area contributed by atoms with Crippen LogP contribution in [0, 0.1) is 18.1 Å². The summed E-state index contributed by atoms with van der Waals surface area (Å²) in [6.07, 6.45) is 6.32. The van der Waals surface area contributed by atoms with Gasteiger partial charge in [-0.05, 0) is 69.9 Å². The molecule has 2 rings (SSSR count). The van der Waals surface area contributed by atoms with Gasteiger partial charge in [-0.25, -0.2) is 0 Å². The molecule has 0 spiro atoms. The Morgan fingerprint density at radius 3 is 2.33 bits per heavy atom. The number of Topliss-reactive ketones (excluding diaryl/α,β-unsaturated/α-hetero) is 1. The minimum absolute atomic E-state index is 0.174. The van der Waals surface area contributed by atoms with Crippen LogP contribution in [0.15, 0.2) is 34.7 Å². The van der Waals surface area contributed by atoms with Gasteiger partial charge in [-0.1, -0.05) is 12.0 Å². The van der Waals surface area contributed by atoms with Crippen molar-refractivity contribution in [3.05, 3.63) is 53.0 Å². The number of amides is 2. The Morgan fingerprint density at radius 1 is 1.07 bits per heavy atom. The van der Waals surface area contributed by atoms with Crippen molar-refractivity contribution in [1.82, 2.24) is 5.32 Å². The molecule has 0 bridgehead atoms. The molecule has 2 amide bonds. The van der Waals surface area contributed by atoms with E-state index in [9.17, 15) is 14.4 Å². The lowest BCUT2D eigenvalue weighted by atomic mass is 10.1. The molecule has 0 aliphatic rings. The second kappa shape index (κ2) is 8.80. The van der Waals surface area contributed by atoms with Gasteiger partial charge in [-0.15, -0.1) is 0 Å². The van der Waals surface area contributed by atoms with E-state index in [4.69, 9.17) is 4.42 Å². The van der Waals surface area contributed by atoms with E-state index in [2.05, 4.69) is 40.6 Å². The molecule has 2 aromatic rings. The first-order valence-corrected chi connectivity index (χ1v) is 12.2. The Hall–Kier alpha value is -2.98. The molecule has 2 N–H and O–H groups in total. The summed E-state index contributed by atoms with van der Waals surface area (Å²) in [5, 5.41) is 8.60. The average Bonchev–Trinajstić information content (AvgIpc) is 2.99. The maximum absolute atomic E-state index is 12.7. The van der Waals surface area contributed by atoms with Gasteiger partial charge in [0, 0.05) is 22.9 Å². The third-order valence-electron chi connectivity index (χ3n) is 3.70. The normalized spacial score (nSPS) is 11.8. The summed E-state index contributed by atoms with van der Waals surface area (Å²) in [5.74, 6) is 1.17. The first-order valence-electron chi connectivity index (χ1n) is 9.35. The number of furan rings is 1. The van der Waals surface area contributed by atoms with Crippen LogP contribution in [0.3, 0.4) is 0 Å². The molecule has 1 heterocycles. The number of nitrogens with one attached hydrogen (secondary N) is 2. The fourth-order valence-electron chi connectivity index (χ4n) is 2.41. The number of rotatable bonds is 4. The molecule has 0 fully saturated rings. The number of benzene rings is 1. The molecule has 160 valence electrons. The van der Waals surface area contributed by atoms with Gasteiger partial charge in [0.1, 0.15) is 5.76 Å². The summed E-state index contributed by atoms with van der Waals surface area (Å²) in [7, 11) is -0.956. The van der Waals surface area contributed by atoms with E-state index in [1.165, 1.54) is 6.07 Å². The van der Waals surface area contributed by atoms with Crippen molar-refractivity contribution in [3.8, 4) is 11.2 Å². The van der Waals surface area contributed by atoms with Crippen molar-refractivity contribution in [3.63, 3.8) is 0 Å². The van der Waals surface area contributed by atoms with Crippen molar-refractivity contribution in [2.45, 2.75) is 33.2 Å². The van der Waals surface area contributed by atoms with Crippen LogP contribution in [0.25, 0.3) is 0 Å². The second-order valence-electron chi connectivity index (χ2n) is 8.71. The van der Waals surface area contributed by atoms with Gasteiger partial charge in [0.2, 0.25) is 0 Å². The lowest BCUT2D eigenvalue weighted by Gasteiger charge is -2.19. The summed E-state index contributed by atoms with van der Waals surface area (Å²) >= 11 is 0. The van der Waals surface area contributed by atoms with Crippen molar-refractivity contribution in [2.75, 3.05) is 24.1 Å². The average molecular weight is 429 g/mol. The fraction of sp³-hybridized carbons (Fsp3) is 0.348. The van der Waals surface area contributed by atoms with Crippen molar-refractivity contribution in [2.24, 2.45) is 0 Å². The van der Waals surface area contributed by atoms with Gasteiger partial charge in [-0.2, -0.15) is 10.0 Å². The summed E-state index contributed by atoms with van der Waals surface area (Å²) in [6, 6.07) is 8.52. The van der Waals surface area contributed by atoms with Crippen LogP contribution in [-0.4, -0.2) is 41.9 Å². The monoisotopic (exact) mass is 428 g/mol. The molecular weight excluding hydrogens is 400 g/mol. The van der Waals surface area contributed by atoms with Gasteiger partial charge in [0.05, 0.1) is 5.56 Å². The molecule has 1 aromatic carbocycles. The Bertz CT molecular complexity index is 1040. The Kier molecular flexibility index (Phi) is 6.84. The first-order chi connectivity index (χ1) is 13.7. The molecule has 6 nitrogen and oxygen atoms in total. The third kappa shape index (κ3) is 6.82. The van der Waals surface area contributed by atoms with E-state index in [0.717, 1.165) is 5.56 Å². The SMILES string of the molecule is Cc1oc(C(=O)C(=O)NC(C)(C)C)cc1C(=O)Nc1cccc(C#CS(C)(C)C)c1. The third-order valence-corrected chi connectivity index (χ3v) is 4.42. The van der Waals surface area contributed by atoms with Crippen LogP contribution in [0.5, 0.6) is 0 Å². The summed E-state index contributed by atoms with van der Waals surface area (Å²) < 4.78 is 5.38. The van der Waals surface area contributed by atoms with Gasteiger partial charge in [0.15, 0.2) is 5.76 Å². The highest BCUT2D eigenvalue weighted by molar-refractivity contribution is 8.35. The van der Waals surface area contributed by atoms with Gasteiger partial charge >= 0.3 is 0 Å². The van der Waals surface area contributed by atoms with E-state index >= 15 is 0 Å². The predicted octanol–water partition coefficient (Wildman–Crippen LogP) is 3.94. The van der Waals surface area contributed by atoms with Crippen LogP contribution in [0.4, 0.5) is 5.69 Å². The summed E-state index contributed by atoms with van der Waals surface area (Å²) in [4.78, 5) is 37.1. The minimum atomic E-state index is -0.956. The molecule has 0 radical (unpaired) electrons. The van der Waals surface area contributed by atoms with Crippen LogP contribution in [-0.2, 0) is 4.79 Å². The Balaban J connectivity index is 2.18. The molecule has 0 saturated heterocycles. The van der Waals surface area contributed by atoms with Crippen LogP contribution >= 0.6 is 10.0 Å². The highest BCUT2D eigenvalue weighted by Gasteiger charge is 2.26. The lowest BCUT2D eigenvalue weighted by Crippen LogP contribution is -2.44. The van der Waals surface area contributed by atoms with Crippen LogP contribution < -0.4 is 10.6 Å². The molecule has 0 aliphatic heterocycles. The zero-order valence-corrected chi connectivity index (χ0v) is 19.2. The number of carbonyl (C=O) groups is 3. The van der Waals surface area contributed by atoms with E-state index < -0.39 is 33.2 Å². The van der Waals surface area contributed by atoms with E-state index in [1.807, 2.05) is 12.1 Å². The molecule has 7 heteroatoms. The molecular formula is C23H28N2O4S. The summed E-state index contributed by atoms with van der Waals surface area (Å²) in [5.41, 5.74) is 1.01. The first kappa shape index (κ1) is 23.3. The van der Waals surface area contributed by atoms with Crippen molar-refractivity contribution in [1.29, 1.82) is 0 Å². The Morgan fingerprint density at radius 2 is 1.73 bits per heavy atom. The summed E-state index contributed by atoms with van der Waals surface area (Å²) in [6.45, 7) is 6.88. The van der Waals surface area contributed by atoms with E-state index in [0.29, 0.717) is 5.69 Å². The zero-order valence-electron chi connectivity index (χ0n) is 18.4. The van der Waals surface area contributed by atoms with Crippen molar-refractivity contribution < 1.29 is 18.8 Å². The van der Waals surface area contributed by atoms with Gasteiger partial charge in [0.25, 0.3) is 17.6 Å². The van der Waals surface area contributed by atoms with Gasteiger partial charge < -0.3 is 15.1 Å². The Labute approximate surface area is 179 Å². The van der Waals surface area contributed by atoms with E-state index in [-0.39, 0.29) is 17.1 Å². The molecule has 30 heavy (non-hydrogen) atoms. The molecule has 0 atom stereocenters. The number of ketones is 1. The fourth-order valence-corrected chi connectivity index (χ4v) is 2.84. The van der Waals surface area contributed by atoms with Crippen molar-refractivity contribution >= 4 is 33.3 Å². The largest absolute Gasteiger partial charge is 0.457 e. The van der Waals surface area contributed by atoms with Gasteiger partial charge in [-0.3, -0.25) is 14.4 Å². The highest BCUT2D eigenvalue weighted by Crippen LogP contribution is 2.32. The quantitative estimate of drug-likeness (QED) is 0.439. The molecule has 1 aromatic heterocycles. The minimum Gasteiger partial charge on any atom is -0.457 e. The smallest absolute Gasteiger partial charge is 0.296 e. The number of hydrogen-bond acceptors (Lipinski definition) is 4. The standard InChI is InChI=1S/C23H28N2O4S/c1-15-18(14-19(29-15)20(26)22(28)25-23(2,3)4)21(27)24-17-10-8-9-16(13-17)11-12-30(5,6)7/h8-10,13-14H,1-7H3,(H,24,27)(H,25,28). The maximum Gasteiger partial charge on any atom is 0.296 e. The number of aryl methyl sites for hydroxylation is 1. The van der Waals surface area contributed by atoms with Crippen LogP contribution in [0.2, 0.25) is 0 Å². The number of anilines is 1. The number of hydrogen-bond donors (Lipinski definition) is 2. The van der Waals surface area contributed by atoms with Crippen LogP contribution in [0.1, 0.15) is 53.0 Å². The second-order valence-corrected chi connectivity index (χ2v) is 12.6. The highest BCUT2D eigenvalue weighted by atomic mass is 32.3. The molecule has 0 aliphatic carbocycles. The molecule has 0 saturated carbocycles. The lowest BCUT2D eigenvalue weighted by molar-refractivity contribution is -0.118. The maximum atomic E-state index is 12.7.